The topological polar surface area (TPSA) is 149 Å². The van der Waals surface area contributed by atoms with Crippen LogP contribution in [0.1, 0.15) is 42.6 Å². The van der Waals surface area contributed by atoms with Gasteiger partial charge in [0.2, 0.25) is 11.3 Å². The zero-order valence-electron chi connectivity index (χ0n) is 17.2. The van der Waals surface area contributed by atoms with Gasteiger partial charge in [-0.3, -0.25) is 9.59 Å². The van der Waals surface area contributed by atoms with Crippen molar-refractivity contribution in [2.75, 3.05) is 18.0 Å². The van der Waals surface area contributed by atoms with Crippen LogP contribution in [0.15, 0.2) is 17.1 Å². The highest BCUT2D eigenvalue weighted by Gasteiger charge is 2.33. The van der Waals surface area contributed by atoms with Gasteiger partial charge in [0, 0.05) is 31.4 Å². The maximum absolute atomic E-state index is 15.6. The lowest BCUT2D eigenvalue weighted by Crippen LogP contribution is -2.45. The molecule has 1 saturated carbocycles. The van der Waals surface area contributed by atoms with Crippen molar-refractivity contribution in [1.82, 2.24) is 9.88 Å². The van der Waals surface area contributed by atoms with E-state index >= 15 is 4.39 Å². The summed E-state index contributed by atoms with van der Waals surface area (Å²) in [5.74, 6) is -3.62. The number of pyridine rings is 1. The molecule has 9 nitrogen and oxygen atoms in total. The highest BCUT2D eigenvalue weighted by molar-refractivity contribution is 5.94. The van der Waals surface area contributed by atoms with E-state index in [1.54, 1.807) is 6.92 Å². The van der Waals surface area contributed by atoms with E-state index in [0.29, 0.717) is 13.0 Å². The monoisotopic (exact) mass is 474 g/mol. The number of nitrogens with two attached hydrogens (primary N) is 1. The molecular formula is C20H25ClF2N4O5. The first-order chi connectivity index (χ1) is 14.2. The smallest absolute Gasteiger partial charge is 0.341 e. The molecule has 1 aliphatic carbocycles. The number of halogens is 3. The van der Waals surface area contributed by atoms with E-state index < -0.39 is 34.6 Å². The maximum Gasteiger partial charge on any atom is 0.341 e. The molecule has 1 saturated heterocycles. The van der Waals surface area contributed by atoms with Crippen LogP contribution in [0.3, 0.4) is 0 Å². The van der Waals surface area contributed by atoms with Gasteiger partial charge in [-0.25, -0.2) is 13.6 Å². The summed E-state index contributed by atoms with van der Waals surface area (Å²) in [5, 5.41) is 11.8. The zero-order chi connectivity index (χ0) is 21.7. The number of carboxylic acids is 1. The van der Waals surface area contributed by atoms with Crippen molar-refractivity contribution < 1.29 is 29.0 Å². The largest absolute Gasteiger partial charge is 0.477 e. The fraction of sp³-hybridized carbons (Fsp3) is 0.450. The number of benzene rings is 1. The average molecular weight is 475 g/mol. The van der Waals surface area contributed by atoms with Gasteiger partial charge in [-0.2, -0.15) is 0 Å². The number of amides is 1. The van der Waals surface area contributed by atoms with Crippen molar-refractivity contribution in [2.45, 2.75) is 44.3 Å². The molecule has 1 amide bonds. The molecule has 1 unspecified atom stereocenters. The van der Waals surface area contributed by atoms with E-state index in [9.17, 15) is 23.9 Å². The molecule has 0 spiro atoms. The third-order valence-corrected chi connectivity index (χ3v) is 5.62. The summed E-state index contributed by atoms with van der Waals surface area (Å²) in [4.78, 5) is 37.3. The molecule has 4 rings (SSSR count). The minimum atomic E-state index is -1.44. The summed E-state index contributed by atoms with van der Waals surface area (Å²) in [7, 11) is 0. The number of carbonyl (C=O) groups is 2. The maximum atomic E-state index is 15.6. The van der Waals surface area contributed by atoms with Crippen molar-refractivity contribution >= 4 is 40.9 Å². The van der Waals surface area contributed by atoms with Gasteiger partial charge in [-0.15, -0.1) is 12.4 Å². The van der Waals surface area contributed by atoms with Crippen LogP contribution in [-0.4, -0.2) is 52.2 Å². The van der Waals surface area contributed by atoms with Gasteiger partial charge >= 0.3 is 5.97 Å². The quantitative estimate of drug-likeness (QED) is 0.587. The van der Waals surface area contributed by atoms with Crippen molar-refractivity contribution in [2.24, 2.45) is 5.73 Å². The number of anilines is 1. The Kier molecular flexibility index (Phi) is 7.48. The Morgan fingerprint density at radius 1 is 1.28 bits per heavy atom. The first kappa shape index (κ1) is 25.5. The Morgan fingerprint density at radius 3 is 2.50 bits per heavy atom. The highest BCUT2D eigenvalue weighted by atomic mass is 35.5. The molecule has 12 heteroatoms. The normalized spacial score (nSPS) is 18.6. The summed E-state index contributed by atoms with van der Waals surface area (Å²) >= 11 is 0. The summed E-state index contributed by atoms with van der Waals surface area (Å²) in [6, 6.07) is -0.215. The summed E-state index contributed by atoms with van der Waals surface area (Å²) in [6.07, 6.45) is 3.07. The summed E-state index contributed by atoms with van der Waals surface area (Å²) < 4.78 is 31.9. The fourth-order valence-electron chi connectivity index (χ4n) is 3.93. The van der Waals surface area contributed by atoms with Gasteiger partial charge in [0.1, 0.15) is 17.1 Å². The van der Waals surface area contributed by atoms with E-state index in [4.69, 9.17) is 5.73 Å². The minimum absolute atomic E-state index is 0. The summed E-state index contributed by atoms with van der Waals surface area (Å²) in [5.41, 5.74) is 3.75. The van der Waals surface area contributed by atoms with Gasteiger partial charge in [0.05, 0.1) is 16.9 Å². The molecule has 2 heterocycles. The second-order valence-electron chi connectivity index (χ2n) is 7.96. The van der Waals surface area contributed by atoms with Gasteiger partial charge in [0.15, 0.2) is 5.82 Å². The number of rotatable bonds is 5. The first-order valence-electron chi connectivity index (χ1n) is 9.80. The number of aromatic carboxylic acids is 1. The lowest BCUT2D eigenvalue weighted by atomic mass is 10.1. The molecule has 32 heavy (non-hydrogen) atoms. The van der Waals surface area contributed by atoms with Gasteiger partial charge in [-0.05, 0) is 32.3 Å². The van der Waals surface area contributed by atoms with E-state index in [1.807, 2.05) is 0 Å². The second kappa shape index (κ2) is 9.39. The van der Waals surface area contributed by atoms with E-state index in [0.717, 1.165) is 25.1 Å². The van der Waals surface area contributed by atoms with Crippen molar-refractivity contribution in [3.63, 3.8) is 0 Å². The molecule has 1 aromatic carbocycles. The Hall–Kier alpha value is -2.76. The molecule has 2 atom stereocenters. The Labute approximate surface area is 187 Å². The van der Waals surface area contributed by atoms with Gasteiger partial charge < -0.3 is 31.1 Å². The molecule has 176 valence electrons. The number of aromatic nitrogens is 1. The van der Waals surface area contributed by atoms with Crippen LogP contribution in [0.2, 0.25) is 0 Å². The fourth-order valence-corrected chi connectivity index (χ4v) is 3.93. The van der Waals surface area contributed by atoms with Crippen LogP contribution in [0.25, 0.3) is 10.9 Å². The van der Waals surface area contributed by atoms with Crippen molar-refractivity contribution in [3.8, 4) is 0 Å². The molecule has 1 aromatic heterocycles. The molecule has 0 radical (unpaired) electrons. The van der Waals surface area contributed by atoms with Crippen molar-refractivity contribution in [1.29, 1.82) is 0 Å². The number of nitrogens with zero attached hydrogens (tertiary/aromatic N) is 2. The van der Waals surface area contributed by atoms with E-state index in [1.165, 1.54) is 9.47 Å². The lowest BCUT2D eigenvalue weighted by molar-refractivity contribution is -0.122. The Balaban J connectivity index is 0.00000181. The number of fused-ring (bicyclic) bond motifs is 1. The SMILES string of the molecule is C[C@@H](N)C(=O)NC1CCN(c2c(F)cc3c(=O)c(C(=O)O)cn(C4CC4)c3c2F)C1.Cl.O. The summed E-state index contributed by atoms with van der Waals surface area (Å²) in [6.45, 7) is 2.05. The molecule has 6 N–H and O–H groups in total. The number of hydrogen-bond donors (Lipinski definition) is 3. The predicted octanol–water partition coefficient (Wildman–Crippen LogP) is 0.952. The van der Waals surface area contributed by atoms with Crippen LogP contribution in [0.4, 0.5) is 14.5 Å². The molecule has 0 bridgehead atoms. The second-order valence-corrected chi connectivity index (χ2v) is 7.96. The predicted molar refractivity (Wildman–Crippen MR) is 117 cm³/mol. The third-order valence-electron chi connectivity index (χ3n) is 5.62. The lowest BCUT2D eigenvalue weighted by Gasteiger charge is -2.23. The minimum Gasteiger partial charge on any atom is -0.477 e. The number of carbonyl (C=O) groups excluding carboxylic acids is 1. The zero-order valence-corrected chi connectivity index (χ0v) is 18.0. The number of nitrogens with one attached hydrogen (secondary N) is 1. The van der Waals surface area contributed by atoms with Crippen LogP contribution >= 0.6 is 12.4 Å². The number of carboxylic acid groups (broad SMARTS) is 1. The molecule has 2 aliphatic rings. The molecule has 2 fully saturated rings. The van der Waals surface area contributed by atoms with Gasteiger partial charge in [0.25, 0.3) is 0 Å². The average Bonchev–Trinajstić information content (AvgIpc) is 3.42. The Bertz CT molecular complexity index is 1120. The Morgan fingerprint density at radius 2 is 1.94 bits per heavy atom. The third kappa shape index (κ3) is 4.41. The van der Waals surface area contributed by atoms with E-state index in [-0.39, 0.29) is 59.0 Å². The molecular weight excluding hydrogens is 450 g/mol. The van der Waals surface area contributed by atoms with Crippen molar-refractivity contribution in [3.05, 3.63) is 39.7 Å². The van der Waals surface area contributed by atoms with Crippen LogP contribution < -0.4 is 21.4 Å². The van der Waals surface area contributed by atoms with Crippen LogP contribution in [0, 0.1) is 11.6 Å². The number of hydrogen-bond acceptors (Lipinski definition) is 5. The highest BCUT2D eigenvalue weighted by Crippen LogP contribution is 2.40. The standard InChI is InChI=1S/C20H22F2N4O4.ClH.H2O/c1-9(23)19(28)24-10-4-5-25(7-10)17-14(21)6-12-16(15(17)22)26(11-2-3-11)8-13(18(12)27)20(29)30;;/h6,8-11H,2-5,7,23H2,1H3,(H,24,28)(H,29,30);1H;1H2/t9-,10?;;/m1../s1. The van der Waals surface area contributed by atoms with E-state index in [2.05, 4.69) is 5.32 Å². The molecule has 2 aromatic rings. The van der Waals surface area contributed by atoms with Crippen LogP contribution in [-0.2, 0) is 4.79 Å². The first-order valence-corrected chi connectivity index (χ1v) is 9.80. The van der Waals surface area contributed by atoms with Crippen LogP contribution in [0.5, 0.6) is 0 Å². The molecule has 1 aliphatic heterocycles. The van der Waals surface area contributed by atoms with Gasteiger partial charge in [-0.1, -0.05) is 0 Å².